The molecule has 2 atom stereocenters. The number of amides is 1. The lowest BCUT2D eigenvalue weighted by atomic mass is 9.68. The van der Waals surface area contributed by atoms with E-state index in [-0.39, 0.29) is 29.3 Å². The third kappa shape index (κ3) is 4.88. The van der Waals surface area contributed by atoms with Gasteiger partial charge >= 0.3 is 6.09 Å². The monoisotopic (exact) mass is 525 g/mol. The van der Waals surface area contributed by atoms with Crippen LogP contribution in [-0.2, 0) is 28.7 Å². The van der Waals surface area contributed by atoms with Gasteiger partial charge in [0.1, 0.15) is 11.4 Å². The molecule has 2 unspecified atom stereocenters. The molecule has 0 radical (unpaired) electrons. The molecule has 2 aliphatic heterocycles. The first-order valence-corrected chi connectivity index (χ1v) is 14.1. The van der Waals surface area contributed by atoms with Crippen LogP contribution in [0.3, 0.4) is 0 Å². The molecule has 1 saturated heterocycles. The minimum Gasteiger partial charge on any atom is -0.444 e. The van der Waals surface area contributed by atoms with E-state index in [0.29, 0.717) is 19.6 Å². The molecule has 190 valence electrons. The maximum absolute atomic E-state index is 12.8. The molecule has 1 aliphatic carbocycles. The molecule has 36 heavy (non-hydrogen) atoms. The number of halogens is 1. The highest BCUT2D eigenvalue weighted by molar-refractivity contribution is 7.98. The zero-order chi connectivity index (χ0) is 25.5. The Morgan fingerprint density at radius 1 is 1.31 bits per heavy atom. The number of hydrogen-bond donors (Lipinski definition) is 0. The van der Waals surface area contributed by atoms with Gasteiger partial charge in [0.2, 0.25) is 5.28 Å². The first kappa shape index (κ1) is 25.2. The Balaban J connectivity index is 1.42. The Morgan fingerprint density at radius 3 is 2.89 bits per heavy atom. The van der Waals surface area contributed by atoms with Crippen molar-refractivity contribution in [3.05, 3.63) is 51.9 Å². The summed E-state index contributed by atoms with van der Waals surface area (Å²) in [4.78, 5) is 26.1. The molecule has 2 aromatic rings. The van der Waals surface area contributed by atoms with E-state index in [9.17, 15) is 10.1 Å². The molecular formula is C27H32ClN5O2S. The molecule has 1 fully saturated rings. The van der Waals surface area contributed by atoms with E-state index in [0.717, 1.165) is 47.8 Å². The Morgan fingerprint density at radius 2 is 2.11 bits per heavy atom. The zero-order valence-electron chi connectivity index (χ0n) is 21.1. The number of anilines is 1. The van der Waals surface area contributed by atoms with Crippen molar-refractivity contribution in [1.82, 2.24) is 14.9 Å². The van der Waals surface area contributed by atoms with Crippen LogP contribution in [-0.4, -0.2) is 58.0 Å². The molecule has 1 aromatic heterocycles. The second-order valence-corrected chi connectivity index (χ2v) is 12.3. The fourth-order valence-electron chi connectivity index (χ4n) is 5.76. The van der Waals surface area contributed by atoms with Crippen molar-refractivity contribution in [2.24, 2.45) is 0 Å². The van der Waals surface area contributed by atoms with E-state index < -0.39 is 5.60 Å². The van der Waals surface area contributed by atoms with Gasteiger partial charge in [-0.3, -0.25) is 0 Å². The van der Waals surface area contributed by atoms with Crippen molar-refractivity contribution in [3.8, 4) is 6.07 Å². The predicted octanol–water partition coefficient (Wildman–Crippen LogP) is 5.14. The van der Waals surface area contributed by atoms with Gasteiger partial charge < -0.3 is 14.5 Å². The number of aromatic nitrogens is 2. The van der Waals surface area contributed by atoms with E-state index in [2.05, 4.69) is 40.2 Å². The van der Waals surface area contributed by atoms with E-state index in [4.69, 9.17) is 21.3 Å². The van der Waals surface area contributed by atoms with Crippen LogP contribution in [0.4, 0.5) is 10.6 Å². The number of fused-ring (bicyclic) bond motifs is 3. The van der Waals surface area contributed by atoms with Gasteiger partial charge in [-0.1, -0.05) is 24.3 Å². The molecule has 1 amide bonds. The summed E-state index contributed by atoms with van der Waals surface area (Å²) in [6.45, 7) is 7.13. The zero-order valence-corrected chi connectivity index (χ0v) is 22.7. The first-order valence-electron chi connectivity index (χ1n) is 12.5. The van der Waals surface area contributed by atoms with Crippen LogP contribution >= 0.6 is 23.4 Å². The van der Waals surface area contributed by atoms with Crippen LogP contribution < -0.4 is 4.90 Å². The highest BCUT2D eigenvalue weighted by Gasteiger charge is 2.42. The molecule has 0 bridgehead atoms. The van der Waals surface area contributed by atoms with Crippen molar-refractivity contribution in [2.45, 2.75) is 69.3 Å². The van der Waals surface area contributed by atoms with Crippen LogP contribution in [0, 0.1) is 11.3 Å². The van der Waals surface area contributed by atoms with Crippen molar-refractivity contribution >= 4 is 35.3 Å². The van der Waals surface area contributed by atoms with Crippen molar-refractivity contribution in [3.63, 3.8) is 0 Å². The molecule has 5 rings (SSSR count). The average molecular weight is 526 g/mol. The number of ether oxygens (including phenoxy) is 1. The molecular weight excluding hydrogens is 494 g/mol. The molecule has 7 nitrogen and oxygen atoms in total. The summed E-state index contributed by atoms with van der Waals surface area (Å²) in [6, 6.07) is 10.8. The van der Waals surface area contributed by atoms with Crippen molar-refractivity contribution < 1.29 is 9.53 Å². The average Bonchev–Trinajstić information content (AvgIpc) is 2.83. The van der Waals surface area contributed by atoms with Crippen LogP contribution in [0.25, 0.3) is 0 Å². The third-order valence-electron chi connectivity index (χ3n) is 7.36. The van der Waals surface area contributed by atoms with Gasteiger partial charge in [0, 0.05) is 48.5 Å². The van der Waals surface area contributed by atoms with Crippen LogP contribution in [0.2, 0.25) is 5.28 Å². The fraction of sp³-hybridized carbons (Fsp3) is 0.556. The largest absolute Gasteiger partial charge is 0.444 e. The molecule has 3 heterocycles. The van der Waals surface area contributed by atoms with Gasteiger partial charge in [0.15, 0.2) is 0 Å². The normalized spacial score (nSPS) is 23.6. The van der Waals surface area contributed by atoms with Gasteiger partial charge in [0.05, 0.1) is 24.2 Å². The third-order valence-corrected chi connectivity index (χ3v) is 8.81. The minimum atomic E-state index is -0.587. The van der Waals surface area contributed by atoms with E-state index in [1.807, 2.05) is 32.5 Å². The number of nitrogens with zero attached hydrogens (tertiary/aromatic N) is 5. The van der Waals surface area contributed by atoms with Crippen LogP contribution in [0.15, 0.2) is 24.3 Å². The minimum absolute atomic E-state index is 0.0697. The number of hydrogen-bond acceptors (Lipinski definition) is 7. The second kappa shape index (κ2) is 9.75. The Hall–Kier alpha value is -2.50. The summed E-state index contributed by atoms with van der Waals surface area (Å²) >= 11 is 8.49. The fourth-order valence-corrected chi connectivity index (χ4v) is 7.31. The molecule has 0 N–H and O–H groups in total. The van der Waals surface area contributed by atoms with E-state index in [1.165, 1.54) is 11.1 Å². The summed E-state index contributed by atoms with van der Waals surface area (Å²) in [5, 5.41) is 9.72. The molecule has 1 spiro atoms. The lowest BCUT2D eigenvalue weighted by Gasteiger charge is -2.44. The molecule has 3 aliphatic rings. The van der Waals surface area contributed by atoms with Gasteiger partial charge in [-0.2, -0.15) is 17.0 Å². The quantitative estimate of drug-likeness (QED) is 0.502. The van der Waals surface area contributed by atoms with Crippen molar-refractivity contribution in [2.75, 3.05) is 30.3 Å². The van der Waals surface area contributed by atoms with Crippen LogP contribution in [0.5, 0.6) is 0 Å². The number of piperazine rings is 1. The number of benzene rings is 1. The second-order valence-electron chi connectivity index (χ2n) is 11.0. The first-order chi connectivity index (χ1) is 17.2. The summed E-state index contributed by atoms with van der Waals surface area (Å²) in [5.74, 6) is 2.99. The smallest absolute Gasteiger partial charge is 0.410 e. The topological polar surface area (TPSA) is 82.3 Å². The number of nitriles is 1. The standard InChI is InChI=1S/C27H32ClN5O2S/c1-26(2,3)35-25(34)33-13-12-32(15-19(33)9-11-29)23-20-8-10-27(14-22(20)30-24(28)31-23)17-36-16-18-6-4-5-7-21(18)27/h4-7,19H,8-10,12-17H2,1-3H3. The number of carbonyl (C=O) groups excluding carboxylic acids is 1. The summed E-state index contributed by atoms with van der Waals surface area (Å²) < 4.78 is 5.61. The Kier molecular flexibility index (Phi) is 6.82. The van der Waals surface area contributed by atoms with Crippen LogP contribution in [0.1, 0.15) is 56.0 Å². The Bertz CT molecular complexity index is 1210. The highest BCUT2D eigenvalue weighted by atomic mass is 35.5. The SMILES string of the molecule is CC(C)(C)OC(=O)N1CCN(c2nc(Cl)nc3c2CCC2(CSCc4ccccc42)C3)CC1CC#N. The summed E-state index contributed by atoms with van der Waals surface area (Å²) in [6.07, 6.45) is 2.63. The number of carbonyl (C=O) groups is 1. The lowest BCUT2D eigenvalue weighted by molar-refractivity contribution is 0.0144. The number of rotatable bonds is 2. The van der Waals surface area contributed by atoms with Gasteiger partial charge in [-0.25, -0.2) is 14.8 Å². The summed E-state index contributed by atoms with van der Waals surface area (Å²) in [5.41, 5.74) is 4.54. The van der Waals surface area contributed by atoms with Gasteiger partial charge in [-0.15, -0.1) is 0 Å². The molecule has 1 aromatic carbocycles. The predicted molar refractivity (Wildman–Crippen MR) is 143 cm³/mol. The highest BCUT2D eigenvalue weighted by Crippen LogP contribution is 2.47. The molecule has 0 saturated carbocycles. The van der Waals surface area contributed by atoms with Gasteiger partial charge in [-0.05, 0) is 56.3 Å². The summed E-state index contributed by atoms with van der Waals surface area (Å²) in [7, 11) is 0. The van der Waals surface area contributed by atoms with E-state index >= 15 is 0 Å². The van der Waals surface area contributed by atoms with Gasteiger partial charge in [0.25, 0.3) is 0 Å². The molecule has 9 heteroatoms. The van der Waals surface area contributed by atoms with E-state index in [1.54, 1.807) is 4.90 Å². The maximum atomic E-state index is 12.8. The lowest BCUT2D eigenvalue weighted by Crippen LogP contribution is -2.56. The van der Waals surface area contributed by atoms with Crippen molar-refractivity contribution in [1.29, 1.82) is 5.26 Å². The Labute approximate surface area is 222 Å². The number of thioether (sulfide) groups is 1. The maximum Gasteiger partial charge on any atom is 0.410 e.